The van der Waals surface area contributed by atoms with Crippen molar-refractivity contribution >= 4 is 43.6 Å². The molecule has 6 heteroatoms. The lowest BCUT2D eigenvalue weighted by Crippen LogP contribution is -2.48. The number of fused-ring (bicyclic) bond motifs is 2. The SMILES string of the molecule is O=C(c1cc(-c2c[nH]c3ccc(Br)cc23)nc2ccccc12)N1CCC(N2CCCCC2)CC1. The number of benzene rings is 2. The third-order valence-electron chi connectivity index (χ3n) is 7.53. The van der Waals surface area contributed by atoms with Crippen molar-refractivity contribution in [2.45, 2.75) is 38.1 Å². The molecule has 0 radical (unpaired) electrons. The third kappa shape index (κ3) is 4.03. The number of amides is 1. The summed E-state index contributed by atoms with van der Waals surface area (Å²) in [5.74, 6) is 0.123. The summed E-state index contributed by atoms with van der Waals surface area (Å²) in [6.07, 6.45) is 8.12. The largest absolute Gasteiger partial charge is 0.360 e. The smallest absolute Gasteiger partial charge is 0.254 e. The molecule has 5 nitrogen and oxygen atoms in total. The third-order valence-corrected chi connectivity index (χ3v) is 8.02. The summed E-state index contributed by atoms with van der Waals surface area (Å²) in [6, 6.07) is 16.8. The molecule has 1 amide bonds. The molecule has 0 aliphatic carbocycles. The van der Waals surface area contributed by atoms with Gasteiger partial charge < -0.3 is 14.8 Å². The second-order valence-corrected chi connectivity index (χ2v) is 10.5. The Hall–Kier alpha value is -2.70. The number of carbonyl (C=O) groups is 1. The van der Waals surface area contributed by atoms with Gasteiger partial charge in [-0.05, 0) is 69.1 Å². The molecule has 4 heterocycles. The van der Waals surface area contributed by atoms with E-state index in [1.54, 1.807) is 0 Å². The van der Waals surface area contributed by atoms with Crippen molar-refractivity contribution in [3.05, 3.63) is 64.8 Å². The fourth-order valence-corrected chi connectivity index (χ4v) is 6.04. The number of nitrogens with zero attached hydrogens (tertiary/aromatic N) is 3. The molecule has 6 rings (SSSR count). The number of halogens is 1. The Morgan fingerprint density at radius 2 is 1.74 bits per heavy atom. The van der Waals surface area contributed by atoms with Crippen LogP contribution in [0.5, 0.6) is 0 Å². The number of carbonyl (C=O) groups excluding carboxylic acids is 1. The Kier molecular flexibility index (Phi) is 5.87. The first-order valence-corrected chi connectivity index (χ1v) is 13.2. The molecule has 2 aliphatic heterocycles. The standard InChI is InChI=1S/C28H29BrN4O/c29-19-8-9-25-22(16-19)24(18-30-25)27-17-23(21-6-2-3-7-26(21)31-27)28(34)33-14-10-20(11-15-33)32-12-4-1-5-13-32/h2-3,6-9,16-18,20,30H,1,4-5,10-15H2. The van der Waals surface area contributed by atoms with Gasteiger partial charge in [0.2, 0.25) is 0 Å². The van der Waals surface area contributed by atoms with E-state index < -0.39 is 0 Å². The van der Waals surface area contributed by atoms with E-state index in [2.05, 4.69) is 42.8 Å². The summed E-state index contributed by atoms with van der Waals surface area (Å²) in [5.41, 5.74) is 4.51. The van der Waals surface area contributed by atoms with Crippen molar-refractivity contribution in [1.82, 2.24) is 19.8 Å². The summed E-state index contributed by atoms with van der Waals surface area (Å²) in [4.78, 5) is 26.8. The van der Waals surface area contributed by atoms with E-state index in [1.807, 2.05) is 42.6 Å². The molecule has 2 fully saturated rings. The highest BCUT2D eigenvalue weighted by Crippen LogP contribution is 2.33. The number of aromatic nitrogens is 2. The predicted molar refractivity (Wildman–Crippen MR) is 141 cm³/mol. The summed E-state index contributed by atoms with van der Waals surface area (Å²) in [5, 5.41) is 2.02. The first kappa shape index (κ1) is 21.8. The minimum Gasteiger partial charge on any atom is -0.360 e. The molecule has 2 aromatic heterocycles. The number of rotatable bonds is 3. The number of aromatic amines is 1. The lowest BCUT2D eigenvalue weighted by atomic mass is 9.98. The Morgan fingerprint density at radius 3 is 2.56 bits per heavy atom. The molecule has 2 saturated heterocycles. The van der Waals surface area contributed by atoms with E-state index in [0.717, 1.165) is 69.0 Å². The molecule has 0 saturated carbocycles. The molecule has 174 valence electrons. The number of pyridine rings is 1. The van der Waals surface area contributed by atoms with Crippen LogP contribution in [0.3, 0.4) is 0 Å². The van der Waals surface area contributed by atoms with Gasteiger partial charge in [0.25, 0.3) is 5.91 Å². The Morgan fingerprint density at radius 1 is 0.941 bits per heavy atom. The number of nitrogens with one attached hydrogen (secondary N) is 1. The molecule has 34 heavy (non-hydrogen) atoms. The topological polar surface area (TPSA) is 52.2 Å². The van der Waals surface area contributed by atoms with Crippen LogP contribution in [-0.4, -0.2) is 57.9 Å². The van der Waals surface area contributed by atoms with Gasteiger partial charge >= 0.3 is 0 Å². The molecule has 2 aromatic carbocycles. The summed E-state index contributed by atoms with van der Waals surface area (Å²) < 4.78 is 1.02. The Balaban J connectivity index is 1.33. The highest BCUT2D eigenvalue weighted by atomic mass is 79.9. The maximum atomic E-state index is 13.8. The van der Waals surface area contributed by atoms with Gasteiger partial charge in [0.15, 0.2) is 0 Å². The maximum absolute atomic E-state index is 13.8. The minimum absolute atomic E-state index is 0.123. The van der Waals surface area contributed by atoms with E-state index in [4.69, 9.17) is 4.98 Å². The zero-order valence-electron chi connectivity index (χ0n) is 19.3. The van der Waals surface area contributed by atoms with Gasteiger partial charge in [-0.1, -0.05) is 40.5 Å². The molecular formula is C28H29BrN4O. The quantitative estimate of drug-likeness (QED) is 0.350. The fourth-order valence-electron chi connectivity index (χ4n) is 5.68. The zero-order chi connectivity index (χ0) is 23.1. The van der Waals surface area contributed by atoms with E-state index in [-0.39, 0.29) is 5.91 Å². The number of piperidine rings is 2. The molecule has 2 aliphatic rings. The van der Waals surface area contributed by atoms with Crippen LogP contribution in [0.4, 0.5) is 0 Å². The second-order valence-electron chi connectivity index (χ2n) is 9.58. The monoisotopic (exact) mass is 516 g/mol. The highest BCUT2D eigenvalue weighted by Gasteiger charge is 2.29. The number of hydrogen-bond donors (Lipinski definition) is 1. The molecule has 4 aromatic rings. The first-order chi connectivity index (χ1) is 16.7. The Bertz CT molecular complexity index is 1350. The molecule has 1 N–H and O–H groups in total. The van der Waals surface area contributed by atoms with Gasteiger partial charge in [-0.3, -0.25) is 4.79 Å². The Labute approximate surface area is 208 Å². The van der Waals surface area contributed by atoms with Gasteiger partial charge in [-0.25, -0.2) is 4.98 Å². The van der Waals surface area contributed by atoms with E-state index in [0.29, 0.717) is 6.04 Å². The van der Waals surface area contributed by atoms with E-state index in [1.165, 1.54) is 32.4 Å². The van der Waals surface area contributed by atoms with Gasteiger partial charge in [-0.15, -0.1) is 0 Å². The van der Waals surface area contributed by atoms with Crippen LogP contribution in [0.15, 0.2) is 59.2 Å². The normalized spacial score (nSPS) is 18.1. The molecular weight excluding hydrogens is 488 g/mol. The first-order valence-electron chi connectivity index (χ1n) is 12.4. The average molecular weight is 517 g/mol. The number of para-hydroxylation sites is 1. The van der Waals surface area contributed by atoms with Crippen molar-refractivity contribution in [3.63, 3.8) is 0 Å². The summed E-state index contributed by atoms with van der Waals surface area (Å²) in [7, 11) is 0. The molecule has 0 unspecified atom stereocenters. The summed E-state index contributed by atoms with van der Waals surface area (Å²) in [6.45, 7) is 4.09. The van der Waals surface area contributed by atoms with E-state index in [9.17, 15) is 4.79 Å². The predicted octanol–water partition coefficient (Wildman–Crippen LogP) is 6.24. The van der Waals surface area contributed by atoms with Crippen molar-refractivity contribution in [1.29, 1.82) is 0 Å². The fraction of sp³-hybridized carbons (Fsp3) is 0.357. The van der Waals surface area contributed by atoms with Gasteiger partial charge in [-0.2, -0.15) is 0 Å². The number of likely N-dealkylation sites (tertiary alicyclic amines) is 2. The average Bonchev–Trinajstić information content (AvgIpc) is 3.31. The summed E-state index contributed by atoms with van der Waals surface area (Å²) >= 11 is 3.59. The second kappa shape index (κ2) is 9.16. The molecule has 0 bridgehead atoms. The minimum atomic E-state index is 0.123. The zero-order valence-corrected chi connectivity index (χ0v) is 20.9. The van der Waals surface area contributed by atoms with Gasteiger partial charge in [0.05, 0.1) is 16.8 Å². The van der Waals surface area contributed by atoms with Crippen molar-refractivity contribution < 1.29 is 4.79 Å². The highest BCUT2D eigenvalue weighted by molar-refractivity contribution is 9.10. The lowest BCUT2D eigenvalue weighted by Gasteiger charge is -2.40. The van der Waals surface area contributed by atoms with E-state index >= 15 is 0 Å². The number of H-pyrrole nitrogens is 1. The van der Waals surface area contributed by atoms with Crippen LogP contribution in [0, 0.1) is 0 Å². The van der Waals surface area contributed by atoms with Crippen LogP contribution in [-0.2, 0) is 0 Å². The van der Waals surface area contributed by atoms with Crippen LogP contribution < -0.4 is 0 Å². The van der Waals surface area contributed by atoms with Crippen molar-refractivity contribution in [3.8, 4) is 11.3 Å². The molecule has 0 atom stereocenters. The van der Waals surface area contributed by atoms with Crippen LogP contribution in [0.1, 0.15) is 42.5 Å². The van der Waals surface area contributed by atoms with Crippen molar-refractivity contribution in [2.24, 2.45) is 0 Å². The lowest BCUT2D eigenvalue weighted by molar-refractivity contribution is 0.0591. The van der Waals surface area contributed by atoms with Crippen LogP contribution in [0.2, 0.25) is 0 Å². The van der Waals surface area contributed by atoms with Crippen molar-refractivity contribution in [2.75, 3.05) is 26.2 Å². The van der Waals surface area contributed by atoms with Crippen LogP contribution >= 0.6 is 15.9 Å². The van der Waals surface area contributed by atoms with Gasteiger partial charge in [0, 0.05) is 51.7 Å². The maximum Gasteiger partial charge on any atom is 0.254 e. The molecule has 0 spiro atoms. The van der Waals surface area contributed by atoms with Gasteiger partial charge in [0.1, 0.15) is 0 Å². The van der Waals surface area contributed by atoms with Crippen LogP contribution in [0.25, 0.3) is 33.1 Å². The number of hydrogen-bond acceptors (Lipinski definition) is 3.